The summed E-state index contributed by atoms with van der Waals surface area (Å²) >= 11 is 6.28. The van der Waals surface area contributed by atoms with Crippen LogP contribution in [0.3, 0.4) is 0 Å². The van der Waals surface area contributed by atoms with Crippen LogP contribution in [0.5, 0.6) is 0 Å². The van der Waals surface area contributed by atoms with Gasteiger partial charge in [0.15, 0.2) is 0 Å². The molecule has 0 amide bonds. The summed E-state index contributed by atoms with van der Waals surface area (Å²) in [5, 5.41) is 15.3. The van der Waals surface area contributed by atoms with Crippen LogP contribution in [0.4, 0.5) is 16.2 Å². The number of hydrogen-bond donors (Lipinski definition) is 3. The molecule has 0 fully saturated rings. The SMILES string of the molecule is N#Cc1ccc(NCCNc2ncc(-c3ncc[nH]3)c(-c3ccc(F)cc3Cl)n2)nc1. The molecule has 0 aliphatic rings. The summed E-state index contributed by atoms with van der Waals surface area (Å²) in [6, 6.07) is 9.61. The minimum Gasteiger partial charge on any atom is -0.368 e. The number of nitrogens with zero attached hydrogens (tertiary/aromatic N) is 5. The largest absolute Gasteiger partial charge is 0.368 e. The Bertz CT molecular complexity index is 1220. The van der Waals surface area contributed by atoms with E-state index in [1.807, 2.05) is 6.07 Å². The Labute approximate surface area is 182 Å². The van der Waals surface area contributed by atoms with Gasteiger partial charge in [0.2, 0.25) is 5.95 Å². The lowest BCUT2D eigenvalue weighted by Gasteiger charge is -2.12. The van der Waals surface area contributed by atoms with E-state index in [0.717, 1.165) is 0 Å². The molecule has 0 aliphatic heterocycles. The van der Waals surface area contributed by atoms with Crippen molar-refractivity contribution < 1.29 is 4.39 Å². The minimum absolute atomic E-state index is 0.242. The van der Waals surface area contributed by atoms with Gasteiger partial charge in [-0.1, -0.05) is 11.6 Å². The molecular formula is C21H16ClFN8. The minimum atomic E-state index is -0.428. The lowest BCUT2D eigenvalue weighted by atomic mass is 10.1. The van der Waals surface area contributed by atoms with Gasteiger partial charge in [0.1, 0.15) is 23.5 Å². The predicted molar refractivity (Wildman–Crippen MR) is 116 cm³/mol. The number of aromatic nitrogens is 5. The molecule has 4 rings (SSSR count). The number of anilines is 2. The van der Waals surface area contributed by atoms with Gasteiger partial charge in [0, 0.05) is 43.4 Å². The normalized spacial score (nSPS) is 10.5. The van der Waals surface area contributed by atoms with Crippen LogP contribution >= 0.6 is 11.6 Å². The van der Waals surface area contributed by atoms with E-state index in [9.17, 15) is 4.39 Å². The molecular weight excluding hydrogens is 419 g/mol. The molecule has 3 N–H and O–H groups in total. The molecule has 8 nitrogen and oxygen atoms in total. The van der Waals surface area contributed by atoms with Crippen LogP contribution in [0, 0.1) is 17.1 Å². The zero-order chi connectivity index (χ0) is 21.6. The van der Waals surface area contributed by atoms with Gasteiger partial charge in [-0.15, -0.1) is 0 Å². The van der Waals surface area contributed by atoms with Crippen LogP contribution in [0.2, 0.25) is 5.02 Å². The molecule has 0 aliphatic carbocycles. The molecule has 0 spiro atoms. The highest BCUT2D eigenvalue weighted by Crippen LogP contribution is 2.33. The summed E-state index contributed by atoms with van der Waals surface area (Å²) in [5.74, 6) is 1.20. The maximum Gasteiger partial charge on any atom is 0.223 e. The second-order valence-electron chi connectivity index (χ2n) is 6.42. The molecule has 0 unspecified atom stereocenters. The summed E-state index contributed by atoms with van der Waals surface area (Å²) in [7, 11) is 0. The van der Waals surface area contributed by atoms with Gasteiger partial charge >= 0.3 is 0 Å². The highest BCUT2D eigenvalue weighted by molar-refractivity contribution is 6.33. The van der Waals surface area contributed by atoms with Gasteiger partial charge in [0.25, 0.3) is 0 Å². The van der Waals surface area contributed by atoms with Gasteiger partial charge in [0.05, 0.1) is 21.8 Å². The number of rotatable bonds is 7. The molecule has 1 aromatic carbocycles. The second kappa shape index (κ2) is 9.19. The Hall–Kier alpha value is -4.03. The molecule has 31 heavy (non-hydrogen) atoms. The van der Waals surface area contributed by atoms with Crippen LogP contribution in [0.25, 0.3) is 22.6 Å². The highest BCUT2D eigenvalue weighted by atomic mass is 35.5. The third-order valence-electron chi connectivity index (χ3n) is 4.34. The van der Waals surface area contributed by atoms with Crippen molar-refractivity contribution >= 4 is 23.4 Å². The quantitative estimate of drug-likeness (QED) is 0.375. The second-order valence-corrected chi connectivity index (χ2v) is 6.82. The number of nitrogens with one attached hydrogen (secondary N) is 3. The lowest BCUT2D eigenvalue weighted by Crippen LogP contribution is -2.16. The Morgan fingerprint density at radius 3 is 2.61 bits per heavy atom. The molecule has 0 atom stereocenters. The fraction of sp³-hybridized carbons (Fsp3) is 0.0952. The number of pyridine rings is 1. The smallest absolute Gasteiger partial charge is 0.223 e. The maximum atomic E-state index is 13.5. The van der Waals surface area contributed by atoms with E-state index in [4.69, 9.17) is 16.9 Å². The Morgan fingerprint density at radius 2 is 1.90 bits per heavy atom. The van der Waals surface area contributed by atoms with Crippen molar-refractivity contribution in [1.82, 2.24) is 24.9 Å². The van der Waals surface area contributed by atoms with Crippen molar-refractivity contribution in [2.45, 2.75) is 0 Å². The average molecular weight is 435 g/mol. The van der Waals surface area contributed by atoms with E-state index in [-0.39, 0.29) is 5.02 Å². The Kier molecular flexibility index (Phi) is 6.01. The van der Waals surface area contributed by atoms with E-state index in [1.165, 1.54) is 18.3 Å². The topological polar surface area (TPSA) is 115 Å². The van der Waals surface area contributed by atoms with Crippen LogP contribution in [-0.4, -0.2) is 38.0 Å². The molecule has 4 aromatic rings. The van der Waals surface area contributed by atoms with Crippen molar-refractivity contribution in [2.75, 3.05) is 23.7 Å². The zero-order valence-electron chi connectivity index (χ0n) is 16.1. The van der Waals surface area contributed by atoms with Crippen molar-refractivity contribution in [2.24, 2.45) is 0 Å². The molecule has 0 saturated carbocycles. The van der Waals surface area contributed by atoms with E-state index < -0.39 is 5.82 Å². The van der Waals surface area contributed by atoms with Gasteiger partial charge in [-0.3, -0.25) is 0 Å². The van der Waals surface area contributed by atoms with Crippen LogP contribution < -0.4 is 10.6 Å². The summed E-state index contributed by atoms with van der Waals surface area (Å²) < 4.78 is 13.5. The van der Waals surface area contributed by atoms with E-state index >= 15 is 0 Å². The first kappa shape index (κ1) is 20.3. The standard InChI is InChI=1S/C21H16ClFN8/c22-17-9-14(23)2-3-15(17)19-16(20-26-6-7-27-20)12-30-21(31-19)28-8-5-25-18-4-1-13(10-24)11-29-18/h1-4,6-7,9,11-12H,5,8H2,(H,25,29)(H,26,27)(H,28,30,31). The van der Waals surface area contributed by atoms with E-state index in [0.29, 0.717) is 53.1 Å². The van der Waals surface area contributed by atoms with Crippen LogP contribution in [-0.2, 0) is 0 Å². The van der Waals surface area contributed by atoms with Crippen molar-refractivity contribution in [1.29, 1.82) is 5.26 Å². The molecule has 0 radical (unpaired) electrons. The molecule has 0 bridgehead atoms. The van der Waals surface area contributed by atoms with Gasteiger partial charge < -0.3 is 15.6 Å². The maximum absolute atomic E-state index is 13.5. The fourth-order valence-corrected chi connectivity index (χ4v) is 3.13. The lowest BCUT2D eigenvalue weighted by molar-refractivity contribution is 0.628. The van der Waals surface area contributed by atoms with Crippen molar-refractivity contribution in [3.8, 4) is 28.7 Å². The number of halogens is 2. The summed E-state index contributed by atoms with van der Waals surface area (Å²) in [6.45, 7) is 1.06. The van der Waals surface area contributed by atoms with E-state index in [1.54, 1.807) is 36.8 Å². The molecule has 154 valence electrons. The monoisotopic (exact) mass is 434 g/mol. The van der Waals surface area contributed by atoms with E-state index in [2.05, 4.69) is 35.6 Å². The van der Waals surface area contributed by atoms with Crippen molar-refractivity contribution in [3.05, 3.63) is 71.5 Å². The Morgan fingerprint density at radius 1 is 1.03 bits per heavy atom. The van der Waals surface area contributed by atoms with Crippen LogP contribution in [0.15, 0.2) is 55.1 Å². The van der Waals surface area contributed by atoms with Gasteiger partial charge in [-0.2, -0.15) is 5.26 Å². The number of benzene rings is 1. The first-order valence-electron chi connectivity index (χ1n) is 9.30. The number of aromatic amines is 1. The average Bonchev–Trinajstić information content (AvgIpc) is 3.32. The Balaban J connectivity index is 1.51. The van der Waals surface area contributed by atoms with Crippen molar-refractivity contribution in [3.63, 3.8) is 0 Å². The number of hydrogen-bond acceptors (Lipinski definition) is 7. The molecule has 3 aromatic heterocycles. The zero-order valence-corrected chi connectivity index (χ0v) is 16.9. The number of nitriles is 1. The molecule has 10 heteroatoms. The number of imidazole rings is 1. The number of H-pyrrole nitrogens is 1. The first-order valence-corrected chi connectivity index (χ1v) is 9.68. The van der Waals surface area contributed by atoms with Crippen LogP contribution in [0.1, 0.15) is 5.56 Å². The fourth-order valence-electron chi connectivity index (χ4n) is 2.87. The third kappa shape index (κ3) is 4.76. The van der Waals surface area contributed by atoms with Gasteiger partial charge in [-0.25, -0.2) is 24.3 Å². The third-order valence-corrected chi connectivity index (χ3v) is 4.65. The molecule has 3 heterocycles. The summed E-state index contributed by atoms with van der Waals surface area (Å²) in [6.07, 6.45) is 6.46. The first-order chi connectivity index (χ1) is 15.1. The molecule has 0 saturated heterocycles. The highest BCUT2D eigenvalue weighted by Gasteiger charge is 2.16. The summed E-state index contributed by atoms with van der Waals surface area (Å²) in [5.41, 5.74) is 2.24. The van der Waals surface area contributed by atoms with Gasteiger partial charge in [-0.05, 0) is 30.3 Å². The summed E-state index contributed by atoms with van der Waals surface area (Å²) in [4.78, 5) is 20.4. The predicted octanol–water partition coefficient (Wildman–Crippen LogP) is 4.12.